The van der Waals surface area contributed by atoms with Crippen LogP contribution in [0, 0.1) is 5.82 Å². The summed E-state index contributed by atoms with van der Waals surface area (Å²) in [5, 5.41) is 3.39. The van der Waals surface area contributed by atoms with Crippen LogP contribution in [0.5, 0.6) is 0 Å². The molecule has 0 aromatic heterocycles. The van der Waals surface area contributed by atoms with Gasteiger partial charge in [-0.25, -0.2) is 4.39 Å². The third kappa shape index (κ3) is 5.14. The Morgan fingerprint density at radius 2 is 1.86 bits per heavy atom. The Balaban J connectivity index is 1.73. The van der Waals surface area contributed by atoms with Crippen LogP contribution in [0.2, 0.25) is 0 Å². The van der Waals surface area contributed by atoms with Gasteiger partial charge < -0.3 is 10.2 Å². The van der Waals surface area contributed by atoms with E-state index in [0.29, 0.717) is 0 Å². The van der Waals surface area contributed by atoms with E-state index < -0.39 is 0 Å². The molecule has 1 fully saturated rings. The molecule has 0 spiro atoms. The molecule has 0 amide bonds. The van der Waals surface area contributed by atoms with Gasteiger partial charge in [-0.1, -0.05) is 13.5 Å². The first-order valence-electron chi connectivity index (χ1n) is 7.79. The van der Waals surface area contributed by atoms with Crippen LogP contribution in [-0.4, -0.2) is 50.7 Å². The molecule has 3 nitrogen and oxygen atoms in total. The van der Waals surface area contributed by atoms with Gasteiger partial charge in [0, 0.05) is 45.0 Å². The van der Waals surface area contributed by atoms with Crippen LogP contribution in [0.15, 0.2) is 36.4 Å². The number of anilines is 1. The highest BCUT2D eigenvalue weighted by atomic mass is 19.1. The largest absolute Gasteiger partial charge is 0.369 e. The molecular weight excluding hydrogens is 265 g/mol. The Morgan fingerprint density at radius 1 is 1.19 bits per heavy atom. The number of hydrogen-bond acceptors (Lipinski definition) is 3. The number of hydrogen-bond donors (Lipinski definition) is 1. The average Bonchev–Trinajstić information content (AvgIpc) is 2.49. The molecule has 0 unspecified atom stereocenters. The van der Waals surface area contributed by atoms with Crippen LogP contribution in [0.25, 0.3) is 0 Å². The summed E-state index contributed by atoms with van der Waals surface area (Å²) >= 11 is 0. The van der Waals surface area contributed by atoms with E-state index in [-0.39, 0.29) is 5.82 Å². The Morgan fingerprint density at radius 3 is 2.48 bits per heavy atom. The van der Waals surface area contributed by atoms with Crippen molar-refractivity contribution in [3.63, 3.8) is 0 Å². The zero-order valence-corrected chi connectivity index (χ0v) is 12.9. The molecule has 1 aromatic rings. The van der Waals surface area contributed by atoms with E-state index in [0.717, 1.165) is 57.9 Å². The highest BCUT2D eigenvalue weighted by Gasteiger charge is 2.17. The van der Waals surface area contributed by atoms with E-state index >= 15 is 0 Å². The zero-order chi connectivity index (χ0) is 15.1. The number of benzene rings is 1. The maximum Gasteiger partial charge on any atom is 0.123 e. The third-order valence-corrected chi connectivity index (χ3v) is 3.81. The minimum absolute atomic E-state index is 0.173. The molecule has 1 N–H and O–H groups in total. The molecule has 1 aromatic carbocycles. The molecule has 0 saturated carbocycles. The summed E-state index contributed by atoms with van der Waals surface area (Å²) in [6.45, 7) is 13.3. The van der Waals surface area contributed by atoms with Crippen molar-refractivity contribution in [3.8, 4) is 0 Å². The molecule has 4 heteroatoms. The fourth-order valence-electron chi connectivity index (χ4n) is 2.63. The summed E-state index contributed by atoms with van der Waals surface area (Å²) in [5.74, 6) is -0.173. The van der Waals surface area contributed by atoms with E-state index in [9.17, 15) is 4.39 Å². The molecule has 0 aliphatic carbocycles. The van der Waals surface area contributed by atoms with Crippen molar-refractivity contribution in [1.82, 2.24) is 10.2 Å². The maximum absolute atomic E-state index is 12.9. The molecule has 1 aliphatic rings. The standard InChI is InChI=1S/C17H26FN3/c1-3-8-19-13-15(2)14-20-9-11-21(12-10-20)17-6-4-16(18)5-7-17/h4-7,19H,2-3,8-14H2,1H3. The minimum atomic E-state index is -0.173. The van der Waals surface area contributed by atoms with Crippen LogP contribution < -0.4 is 10.2 Å². The quantitative estimate of drug-likeness (QED) is 0.615. The average molecular weight is 291 g/mol. The second-order valence-electron chi connectivity index (χ2n) is 5.67. The Bertz CT molecular complexity index is 436. The molecule has 1 heterocycles. The van der Waals surface area contributed by atoms with E-state index in [4.69, 9.17) is 0 Å². The molecule has 0 radical (unpaired) electrons. The SMILES string of the molecule is C=C(CNCCC)CN1CCN(c2ccc(F)cc2)CC1. The molecule has 1 aliphatic heterocycles. The predicted molar refractivity (Wildman–Crippen MR) is 87.4 cm³/mol. The first kappa shape index (κ1) is 16.0. The minimum Gasteiger partial charge on any atom is -0.369 e. The van der Waals surface area contributed by atoms with Crippen LogP contribution in [0.3, 0.4) is 0 Å². The van der Waals surface area contributed by atoms with Gasteiger partial charge in [-0.2, -0.15) is 0 Å². The molecule has 21 heavy (non-hydrogen) atoms. The number of nitrogens with zero attached hydrogens (tertiary/aromatic N) is 2. The van der Waals surface area contributed by atoms with Gasteiger partial charge in [0.05, 0.1) is 0 Å². The fourth-order valence-corrected chi connectivity index (χ4v) is 2.63. The van der Waals surface area contributed by atoms with Crippen LogP contribution >= 0.6 is 0 Å². The van der Waals surface area contributed by atoms with Gasteiger partial charge in [0.25, 0.3) is 0 Å². The van der Waals surface area contributed by atoms with Crippen molar-refractivity contribution >= 4 is 5.69 Å². The topological polar surface area (TPSA) is 18.5 Å². The van der Waals surface area contributed by atoms with E-state index in [1.54, 1.807) is 0 Å². The molecule has 0 bridgehead atoms. The number of halogens is 1. The van der Waals surface area contributed by atoms with Crippen LogP contribution in [-0.2, 0) is 0 Å². The molecule has 1 saturated heterocycles. The second-order valence-corrected chi connectivity index (χ2v) is 5.67. The van der Waals surface area contributed by atoms with Gasteiger partial charge >= 0.3 is 0 Å². The van der Waals surface area contributed by atoms with Crippen molar-refractivity contribution in [3.05, 3.63) is 42.2 Å². The Hall–Kier alpha value is -1.39. The predicted octanol–water partition coefficient (Wildman–Crippen LogP) is 2.50. The van der Waals surface area contributed by atoms with Gasteiger partial charge in [0.1, 0.15) is 5.82 Å². The lowest BCUT2D eigenvalue weighted by atomic mass is 10.2. The van der Waals surface area contributed by atoms with E-state index in [2.05, 4.69) is 28.6 Å². The van der Waals surface area contributed by atoms with Gasteiger partial charge in [0.15, 0.2) is 0 Å². The lowest BCUT2D eigenvalue weighted by Gasteiger charge is -2.36. The highest BCUT2D eigenvalue weighted by molar-refractivity contribution is 5.46. The maximum atomic E-state index is 12.9. The summed E-state index contributed by atoms with van der Waals surface area (Å²) in [6.07, 6.45) is 1.16. The number of piperazine rings is 1. The van der Waals surface area contributed by atoms with Crippen molar-refractivity contribution in [2.75, 3.05) is 50.7 Å². The smallest absolute Gasteiger partial charge is 0.123 e. The van der Waals surface area contributed by atoms with Gasteiger partial charge in [-0.15, -0.1) is 0 Å². The summed E-state index contributed by atoms with van der Waals surface area (Å²) in [7, 11) is 0. The van der Waals surface area contributed by atoms with Crippen LogP contribution in [0.1, 0.15) is 13.3 Å². The molecule has 116 valence electrons. The van der Waals surface area contributed by atoms with E-state index in [1.165, 1.54) is 17.7 Å². The van der Waals surface area contributed by atoms with Crippen LogP contribution in [0.4, 0.5) is 10.1 Å². The normalized spacial score (nSPS) is 16.2. The summed E-state index contributed by atoms with van der Waals surface area (Å²) in [4.78, 5) is 4.75. The van der Waals surface area contributed by atoms with Gasteiger partial charge in [-0.3, -0.25) is 4.90 Å². The van der Waals surface area contributed by atoms with Gasteiger partial charge in [-0.05, 0) is 42.8 Å². The second kappa shape index (κ2) is 8.15. The van der Waals surface area contributed by atoms with Crippen molar-refractivity contribution in [2.45, 2.75) is 13.3 Å². The lowest BCUT2D eigenvalue weighted by Crippen LogP contribution is -2.47. The Labute approximate surface area is 127 Å². The monoisotopic (exact) mass is 291 g/mol. The molecule has 2 rings (SSSR count). The number of nitrogens with one attached hydrogen (secondary N) is 1. The molecule has 0 atom stereocenters. The zero-order valence-electron chi connectivity index (χ0n) is 12.9. The first-order chi connectivity index (χ1) is 10.2. The lowest BCUT2D eigenvalue weighted by molar-refractivity contribution is 0.276. The fraction of sp³-hybridized carbons (Fsp3) is 0.529. The van der Waals surface area contributed by atoms with Gasteiger partial charge in [0.2, 0.25) is 0 Å². The van der Waals surface area contributed by atoms with Crippen molar-refractivity contribution < 1.29 is 4.39 Å². The summed E-state index contributed by atoms with van der Waals surface area (Å²) < 4.78 is 12.9. The number of rotatable bonds is 7. The first-order valence-corrected chi connectivity index (χ1v) is 7.79. The van der Waals surface area contributed by atoms with Crippen molar-refractivity contribution in [1.29, 1.82) is 0 Å². The molecular formula is C17H26FN3. The highest BCUT2D eigenvalue weighted by Crippen LogP contribution is 2.17. The van der Waals surface area contributed by atoms with E-state index in [1.807, 2.05) is 12.1 Å². The Kier molecular flexibility index (Phi) is 6.21. The summed E-state index contributed by atoms with van der Waals surface area (Å²) in [6, 6.07) is 6.78. The summed E-state index contributed by atoms with van der Waals surface area (Å²) in [5.41, 5.74) is 2.36. The third-order valence-electron chi connectivity index (χ3n) is 3.81. The van der Waals surface area contributed by atoms with Crippen molar-refractivity contribution in [2.24, 2.45) is 0 Å².